The number of ether oxygens (including phenoxy) is 1. The van der Waals surface area contributed by atoms with Gasteiger partial charge in [-0.2, -0.15) is 0 Å². The lowest BCUT2D eigenvalue weighted by atomic mass is 9.87. The summed E-state index contributed by atoms with van der Waals surface area (Å²) in [6.45, 7) is 0.928. The van der Waals surface area contributed by atoms with Crippen molar-refractivity contribution in [2.45, 2.75) is 82.6 Å². The Hall–Kier alpha value is -2.81. The summed E-state index contributed by atoms with van der Waals surface area (Å²) in [6, 6.07) is 0.227. The maximum atomic E-state index is 12.6. The number of ketones is 1. The number of nitrogens with one attached hydrogen (secondary N) is 3. The highest BCUT2D eigenvalue weighted by Gasteiger charge is 2.47. The lowest BCUT2D eigenvalue weighted by Crippen LogP contribution is -3.10. The number of hydrogen-bond acceptors (Lipinski definition) is 23. The van der Waals surface area contributed by atoms with E-state index >= 15 is 0 Å². The molecule has 338 valence electrons. The van der Waals surface area contributed by atoms with Gasteiger partial charge in [-0.15, -0.1) is 0 Å². The first-order chi connectivity index (χ1) is 27.9. The van der Waals surface area contributed by atoms with E-state index in [-0.39, 0.29) is 65.6 Å². The van der Waals surface area contributed by atoms with Gasteiger partial charge >= 0.3 is 0 Å². The van der Waals surface area contributed by atoms with E-state index in [2.05, 4.69) is 43.5 Å². The predicted octanol–water partition coefficient (Wildman–Crippen LogP) is -4.84. The molecule has 60 heavy (non-hydrogen) atoms. The Morgan fingerprint density at radius 2 is 1.80 bits per heavy atom. The fraction of sp³-hybridized carbons (Fsp3) is 0.700. The van der Waals surface area contributed by atoms with E-state index in [0.29, 0.717) is 6.42 Å². The number of amides is 2. The van der Waals surface area contributed by atoms with Gasteiger partial charge in [-0.1, -0.05) is 25.6 Å². The summed E-state index contributed by atoms with van der Waals surface area (Å²) in [6.07, 6.45) is -5.53. The normalized spacial score (nSPS) is 24.8. The molecule has 0 radical (unpaired) electrons. The molecule has 26 nitrogen and oxygen atoms in total. The number of phosphoric ester groups is 3. The summed E-state index contributed by atoms with van der Waals surface area (Å²) in [5.74, 6) is -1.53. The Kier molecular flexibility index (Phi) is 17.5. The molecule has 0 aliphatic carbocycles. The topological polar surface area (TPSA) is 396 Å². The Bertz CT molecular complexity index is 2010. The number of aromatic nitrogens is 4. The molecule has 2 aliphatic heterocycles. The summed E-state index contributed by atoms with van der Waals surface area (Å²) in [4.78, 5) is 110. The number of nitrogens with two attached hydrogens (primary N) is 1. The summed E-state index contributed by atoms with van der Waals surface area (Å²) in [5.41, 5.74) is 4.04. The van der Waals surface area contributed by atoms with Crippen LogP contribution in [0.1, 0.15) is 52.2 Å². The average molecular weight is 932 g/mol. The van der Waals surface area contributed by atoms with Crippen molar-refractivity contribution in [3.05, 3.63) is 12.7 Å². The monoisotopic (exact) mass is 931 g/mol. The first-order valence-electron chi connectivity index (χ1n) is 18.2. The van der Waals surface area contributed by atoms with E-state index in [4.69, 9.17) is 10.5 Å². The number of rotatable bonds is 23. The van der Waals surface area contributed by atoms with Gasteiger partial charge in [0, 0.05) is 43.5 Å². The summed E-state index contributed by atoms with van der Waals surface area (Å²) >= 11 is 0.918. The van der Waals surface area contributed by atoms with Crippen LogP contribution in [-0.2, 0) is 55.5 Å². The molecule has 2 aromatic heterocycles. The van der Waals surface area contributed by atoms with Crippen molar-refractivity contribution in [1.29, 1.82) is 0 Å². The molecule has 7 N–H and O–H groups in total. The third-order valence-electron chi connectivity index (χ3n) is 9.38. The van der Waals surface area contributed by atoms with Gasteiger partial charge in [0.15, 0.2) is 22.8 Å². The number of aliphatic hydroxyl groups is 2. The van der Waals surface area contributed by atoms with Crippen LogP contribution >= 0.6 is 35.2 Å². The maximum absolute atomic E-state index is 12.6. The molecule has 0 saturated carbocycles. The van der Waals surface area contributed by atoms with E-state index in [1.807, 2.05) is 7.05 Å². The van der Waals surface area contributed by atoms with Crippen molar-refractivity contribution >= 4 is 74.9 Å². The number of carbonyl (C=O) groups is 4. The van der Waals surface area contributed by atoms with E-state index in [1.54, 1.807) is 0 Å². The minimum absolute atomic E-state index is 0.0265. The third-order valence-corrected chi connectivity index (χ3v) is 13.3. The zero-order valence-electron chi connectivity index (χ0n) is 32.4. The Morgan fingerprint density at radius 1 is 1.10 bits per heavy atom. The number of nitrogen functional groups attached to an aromatic ring is 1. The van der Waals surface area contributed by atoms with Crippen molar-refractivity contribution in [3.63, 3.8) is 0 Å². The molecule has 2 aromatic rings. The standard InChI is InChI=1S/C30H49N8O18P3S/c1-30(2,25(43)28(44)33-7-6-20(40)32-8-10-60-21(41)12-18(39)11-17-5-4-9-37(17)3)14-53-59(50,51)56-58(48,49)52-13-19-24(55-57(45,46)47)23(42)29(54-19)38-16-36-22-26(31)34-15-35-27(22)38/h15-17,19,23-25,29,42-43H,4-14H2,1-3H3,(H,32,40)(H,33,44)(H,48,49)(H,50,51)(H2,31,34,35)(H2,45,46,47)/p-3/t17?,19-,23-,24-,25+,29-/m1/s1. The number of carbonyl (C=O) groups excluding carboxylic acids is 4. The predicted molar refractivity (Wildman–Crippen MR) is 197 cm³/mol. The SMILES string of the molecule is C[NH+]1CCCC1CC(=O)CC(=O)SCCNC(=O)CCNC(=O)[C@H](O)C(C)(C)COP(=O)([O-])OP(=O)([O-])OC[C@H]1O[C@@H](n2cnc3c(N)ncnc32)[C@H](O)[C@@H]1OP(=O)([O-])[O-]. The highest BCUT2D eigenvalue weighted by Crippen LogP contribution is 2.56. The van der Waals surface area contributed by atoms with Crippen LogP contribution in [0.2, 0.25) is 0 Å². The van der Waals surface area contributed by atoms with Crippen LogP contribution in [0.3, 0.4) is 0 Å². The number of Topliss-reactive ketones (excluding diaryl/α,β-unsaturated/α-hetero) is 1. The van der Waals surface area contributed by atoms with E-state index in [9.17, 15) is 62.7 Å². The van der Waals surface area contributed by atoms with Gasteiger partial charge in [0.1, 0.15) is 42.0 Å². The summed E-state index contributed by atoms with van der Waals surface area (Å²) < 4.78 is 60.6. The number of fused-ring (bicyclic) bond motifs is 1. The van der Waals surface area contributed by atoms with Crippen molar-refractivity contribution < 1.29 is 90.2 Å². The fourth-order valence-corrected chi connectivity index (χ4v) is 9.62. The van der Waals surface area contributed by atoms with Crippen molar-refractivity contribution in [2.24, 2.45) is 5.41 Å². The van der Waals surface area contributed by atoms with Crippen molar-refractivity contribution in [3.8, 4) is 0 Å². The molecule has 2 saturated heterocycles. The number of hydrogen-bond donors (Lipinski definition) is 6. The number of imidazole rings is 1. The zero-order valence-corrected chi connectivity index (χ0v) is 35.9. The van der Waals surface area contributed by atoms with Crippen LogP contribution < -0.4 is 40.8 Å². The molecule has 2 aliphatic rings. The number of nitrogens with zero attached hydrogens (tertiary/aromatic N) is 4. The van der Waals surface area contributed by atoms with Gasteiger partial charge in [0.25, 0.3) is 15.6 Å². The molecule has 0 spiro atoms. The van der Waals surface area contributed by atoms with Gasteiger partial charge < -0.3 is 73.9 Å². The quantitative estimate of drug-likeness (QED) is 0.0346. The van der Waals surface area contributed by atoms with Gasteiger partial charge in [-0.05, 0) is 0 Å². The molecule has 4 rings (SSSR count). The average Bonchev–Trinajstić information content (AvgIpc) is 3.84. The first-order valence-corrected chi connectivity index (χ1v) is 23.6. The van der Waals surface area contributed by atoms with Crippen LogP contribution in [0.5, 0.6) is 0 Å². The lowest BCUT2D eigenvalue weighted by molar-refractivity contribution is -0.891. The van der Waals surface area contributed by atoms with Crippen molar-refractivity contribution in [1.82, 2.24) is 30.2 Å². The number of aliphatic hydroxyl groups excluding tert-OH is 2. The van der Waals surface area contributed by atoms with E-state index in [0.717, 1.165) is 48.4 Å². The number of phosphoric acid groups is 3. The van der Waals surface area contributed by atoms with Crippen LogP contribution in [-0.4, -0.2) is 129 Å². The van der Waals surface area contributed by atoms with E-state index < -0.39 is 84.6 Å². The van der Waals surface area contributed by atoms with Gasteiger partial charge in [0.2, 0.25) is 11.8 Å². The van der Waals surface area contributed by atoms with Crippen LogP contribution in [0, 0.1) is 5.41 Å². The molecule has 4 unspecified atom stereocenters. The Labute approximate surface area is 346 Å². The highest BCUT2D eigenvalue weighted by atomic mass is 32.2. The molecule has 2 amide bonds. The third kappa shape index (κ3) is 14.6. The van der Waals surface area contributed by atoms with Gasteiger partial charge in [-0.3, -0.25) is 32.9 Å². The molecule has 2 fully saturated rings. The Morgan fingerprint density at radius 3 is 2.47 bits per heavy atom. The smallest absolute Gasteiger partial charge is 0.274 e. The second kappa shape index (κ2) is 21.0. The number of quaternary nitrogens is 1. The first kappa shape index (κ1) is 49.8. The van der Waals surface area contributed by atoms with Crippen LogP contribution in [0.25, 0.3) is 11.2 Å². The Balaban J connectivity index is 1.18. The molecular weight excluding hydrogens is 885 g/mol. The fourth-order valence-electron chi connectivity index (χ4n) is 6.19. The largest absolute Gasteiger partial charge is 0.790 e. The van der Waals surface area contributed by atoms with Crippen LogP contribution in [0.4, 0.5) is 5.82 Å². The maximum Gasteiger partial charge on any atom is 0.274 e. The van der Waals surface area contributed by atoms with Gasteiger partial charge in [0.05, 0.1) is 59.8 Å². The number of anilines is 1. The number of likely N-dealkylation sites (tertiary alicyclic amines) is 1. The van der Waals surface area contributed by atoms with E-state index in [1.165, 1.54) is 18.7 Å². The second-order valence-corrected chi connectivity index (χ2v) is 19.8. The zero-order chi connectivity index (χ0) is 44.6. The molecule has 4 heterocycles. The number of thioether (sulfide) groups is 1. The summed E-state index contributed by atoms with van der Waals surface area (Å²) in [7, 11) is -15.6. The highest BCUT2D eigenvalue weighted by molar-refractivity contribution is 8.13. The minimum Gasteiger partial charge on any atom is -0.790 e. The molecule has 0 aromatic carbocycles. The minimum atomic E-state index is -5.93. The molecule has 9 atom stereocenters. The molecule has 30 heteroatoms. The molecule has 0 bridgehead atoms. The second-order valence-electron chi connectivity index (χ2n) is 14.6. The van der Waals surface area contributed by atoms with Crippen molar-refractivity contribution in [2.75, 3.05) is 51.4 Å². The van der Waals surface area contributed by atoms with Crippen LogP contribution in [0.15, 0.2) is 12.7 Å². The molecular formula is C30H46N8O18P3S-3. The van der Waals surface area contributed by atoms with Gasteiger partial charge in [-0.25, -0.2) is 19.3 Å². The lowest BCUT2D eigenvalue weighted by Gasteiger charge is -2.36. The summed E-state index contributed by atoms with van der Waals surface area (Å²) in [5, 5.41) is 25.9.